The van der Waals surface area contributed by atoms with Crippen molar-refractivity contribution in [3.05, 3.63) is 28.5 Å². The van der Waals surface area contributed by atoms with E-state index in [0.29, 0.717) is 4.47 Å². The Hall–Kier alpha value is -0.790. The van der Waals surface area contributed by atoms with Gasteiger partial charge in [0.1, 0.15) is 16.5 Å². The van der Waals surface area contributed by atoms with Crippen LogP contribution in [0.15, 0.2) is 27.6 Å². The van der Waals surface area contributed by atoms with Gasteiger partial charge in [0.05, 0.1) is 0 Å². The van der Waals surface area contributed by atoms with Crippen molar-refractivity contribution < 1.29 is 17.6 Å². The van der Waals surface area contributed by atoms with Crippen molar-refractivity contribution >= 4 is 31.7 Å². The molecule has 1 aromatic carbocycles. The zero-order chi connectivity index (χ0) is 13.3. The Balaban J connectivity index is 2.33. The van der Waals surface area contributed by atoms with E-state index in [9.17, 15) is 17.6 Å². The number of hydrogen-bond donors (Lipinski definition) is 0. The molecule has 0 amide bonds. The quantitative estimate of drug-likeness (QED) is 0.829. The van der Waals surface area contributed by atoms with E-state index in [2.05, 4.69) is 15.9 Å². The molecule has 0 atom stereocenters. The molecule has 1 aliphatic rings. The van der Waals surface area contributed by atoms with E-state index >= 15 is 0 Å². The zero-order valence-electron chi connectivity index (χ0n) is 9.40. The van der Waals surface area contributed by atoms with Crippen LogP contribution in [-0.2, 0) is 14.8 Å². The van der Waals surface area contributed by atoms with Crippen LogP contribution in [0.3, 0.4) is 0 Å². The summed E-state index contributed by atoms with van der Waals surface area (Å²) in [4.78, 5) is 10.7. The van der Waals surface area contributed by atoms with E-state index in [-0.39, 0.29) is 36.6 Å². The fourth-order valence-corrected chi connectivity index (χ4v) is 3.62. The first-order valence-corrected chi connectivity index (χ1v) is 7.61. The Morgan fingerprint density at radius 3 is 2.39 bits per heavy atom. The number of Topliss-reactive ketones (excluding diaryl/α,β-unsaturated/α-hetero) is 1. The van der Waals surface area contributed by atoms with Crippen molar-refractivity contribution in [1.29, 1.82) is 0 Å². The summed E-state index contributed by atoms with van der Waals surface area (Å²) in [6, 6.07) is 3.82. The minimum atomic E-state index is -3.85. The highest BCUT2D eigenvalue weighted by Crippen LogP contribution is 2.24. The molecule has 1 fully saturated rings. The maximum atomic E-state index is 13.7. The van der Waals surface area contributed by atoms with Crippen LogP contribution in [0.4, 0.5) is 4.39 Å². The second-order valence-electron chi connectivity index (χ2n) is 4.02. The lowest BCUT2D eigenvalue weighted by Gasteiger charge is -2.25. The summed E-state index contributed by atoms with van der Waals surface area (Å²) in [6.07, 6.45) is 0.384. The van der Waals surface area contributed by atoms with Crippen molar-refractivity contribution in [2.75, 3.05) is 13.1 Å². The summed E-state index contributed by atoms with van der Waals surface area (Å²) in [6.45, 7) is 0.243. The van der Waals surface area contributed by atoms with Crippen molar-refractivity contribution in [2.45, 2.75) is 17.7 Å². The van der Waals surface area contributed by atoms with Gasteiger partial charge in [0.25, 0.3) is 0 Å². The van der Waals surface area contributed by atoms with Gasteiger partial charge < -0.3 is 0 Å². The van der Waals surface area contributed by atoms with Gasteiger partial charge in [-0.2, -0.15) is 4.31 Å². The minimum absolute atomic E-state index is 0.0396. The third-order valence-corrected chi connectivity index (χ3v) is 5.22. The number of carbonyl (C=O) groups is 1. The third-order valence-electron chi connectivity index (χ3n) is 2.79. The van der Waals surface area contributed by atoms with Crippen LogP contribution in [0, 0.1) is 5.82 Å². The number of ketones is 1. The van der Waals surface area contributed by atoms with E-state index < -0.39 is 15.8 Å². The maximum Gasteiger partial charge on any atom is 0.246 e. The smallest absolute Gasteiger partial charge is 0.246 e. The molecular formula is C11H11BrFNO3S. The van der Waals surface area contributed by atoms with Crippen LogP contribution in [0.5, 0.6) is 0 Å². The normalized spacial score (nSPS) is 18.0. The van der Waals surface area contributed by atoms with Gasteiger partial charge in [0.2, 0.25) is 10.0 Å². The Kier molecular flexibility index (Phi) is 3.84. The molecule has 2 rings (SSSR count). The molecule has 0 spiro atoms. The molecule has 0 aliphatic carbocycles. The first-order chi connectivity index (χ1) is 8.41. The first kappa shape index (κ1) is 13.6. The molecule has 98 valence electrons. The monoisotopic (exact) mass is 335 g/mol. The molecule has 18 heavy (non-hydrogen) atoms. The molecule has 4 nitrogen and oxygen atoms in total. The SMILES string of the molecule is O=C1CCN(S(=O)(=O)c2ccc(Br)cc2F)CC1. The molecule has 1 saturated heterocycles. The lowest BCUT2D eigenvalue weighted by atomic mass is 10.1. The molecule has 1 aromatic rings. The topological polar surface area (TPSA) is 54.5 Å². The number of sulfonamides is 1. The second-order valence-corrected chi connectivity index (χ2v) is 6.84. The molecule has 0 bridgehead atoms. The lowest BCUT2D eigenvalue weighted by molar-refractivity contribution is -0.120. The Morgan fingerprint density at radius 2 is 1.83 bits per heavy atom. The van der Waals surface area contributed by atoms with Crippen molar-refractivity contribution in [3.63, 3.8) is 0 Å². The van der Waals surface area contributed by atoms with E-state index in [0.717, 1.165) is 10.4 Å². The summed E-state index contributed by atoms with van der Waals surface area (Å²) in [5, 5.41) is 0. The molecule has 1 heterocycles. The average Bonchev–Trinajstić information content (AvgIpc) is 2.29. The van der Waals surface area contributed by atoms with Crippen LogP contribution < -0.4 is 0 Å². The predicted molar refractivity (Wildman–Crippen MR) is 67.1 cm³/mol. The molecule has 0 aromatic heterocycles. The van der Waals surface area contributed by atoms with Gasteiger partial charge in [-0.3, -0.25) is 4.79 Å². The number of piperidine rings is 1. The predicted octanol–water partition coefficient (Wildman–Crippen LogP) is 1.94. The minimum Gasteiger partial charge on any atom is -0.300 e. The Labute approximate surface area is 113 Å². The molecule has 0 unspecified atom stereocenters. The van der Waals surface area contributed by atoms with E-state index in [1.165, 1.54) is 12.1 Å². The molecule has 0 saturated carbocycles. The Morgan fingerprint density at radius 1 is 1.22 bits per heavy atom. The highest BCUT2D eigenvalue weighted by Gasteiger charge is 2.30. The summed E-state index contributed by atoms with van der Waals surface area (Å²) in [7, 11) is -3.85. The van der Waals surface area contributed by atoms with Gasteiger partial charge in [-0.05, 0) is 18.2 Å². The Bertz CT molecular complexity index is 578. The number of halogens is 2. The number of nitrogens with zero attached hydrogens (tertiary/aromatic N) is 1. The van der Waals surface area contributed by atoms with Crippen LogP contribution in [0.25, 0.3) is 0 Å². The standard InChI is InChI=1S/C11H11BrFNO3S/c12-8-1-2-11(10(13)7-8)18(16,17)14-5-3-9(15)4-6-14/h1-2,7H,3-6H2. The zero-order valence-corrected chi connectivity index (χ0v) is 11.8. The van der Waals surface area contributed by atoms with Crippen LogP contribution in [0.1, 0.15) is 12.8 Å². The summed E-state index contributed by atoms with van der Waals surface area (Å²) in [5.41, 5.74) is 0. The van der Waals surface area contributed by atoms with E-state index in [4.69, 9.17) is 0 Å². The highest BCUT2D eigenvalue weighted by atomic mass is 79.9. The summed E-state index contributed by atoms with van der Waals surface area (Å²) in [5.74, 6) is -0.751. The summed E-state index contributed by atoms with van der Waals surface area (Å²) < 4.78 is 39.7. The van der Waals surface area contributed by atoms with Gasteiger partial charge in [0, 0.05) is 30.4 Å². The summed E-state index contributed by atoms with van der Waals surface area (Å²) >= 11 is 3.07. The fraction of sp³-hybridized carbons (Fsp3) is 0.364. The molecule has 1 aliphatic heterocycles. The van der Waals surface area contributed by atoms with Gasteiger partial charge in [-0.25, -0.2) is 12.8 Å². The number of carbonyl (C=O) groups excluding carboxylic acids is 1. The number of hydrogen-bond acceptors (Lipinski definition) is 3. The van der Waals surface area contributed by atoms with E-state index in [1.807, 2.05) is 0 Å². The average molecular weight is 336 g/mol. The van der Waals surface area contributed by atoms with Gasteiger partial charge >= 0.3 is 0 Å². The molecule has 0 radical (unpaired) electrons. The van der Waals surface area contributed by atoms with Gasteiger partial charge in [-0.15, -0.1) is 0 Å². The third kappa shape index (κ3) is 2.62. The number of rotatable bonds is 2. The first-order valence-electron chi connectivity index (χ1n) is 5.38. The molecule has 7 heteroatoms. The highest BCUT2D eigenvalue weighted by molar-refractivity contribution is 9.10. The van der Waals surface area contributed by atoms with Gasteiger partial charge in [-0.1, -0.05) is 15.9 Å². The maximum absolute atomic E-state index is 13.7. The van der Waals surface area contributed by atoms with Crippen molar-refractivity contribution in [2.24, 2.45) is 0 Å². The van der Waals surface area contributed by atoms with Crippen LogP contribution in [0.2, 0.25) is 0 Å². The fourth-order valence-electron chi connectivity index (χ4n) is 1.80. The largest absolute Gasteiger partial charge is 0.300 e. The second kappa shape index (κ2) is 5.07. The van der Waals surface area contributed by atoms with E-state index in [1.54, 1.807) is 0 Å². The molecule has 0 N–H and O–H groups in total. The van der Waals surface area contributed by atoms with Crippen molar-refractivity contribution in [1.82, 2.24) is 4.31 Å². The van der Waals surface area contributed by atoms with Crippen LogP contribution >= 0.6 is 15.9 Å². The van der Waals surface area contributed by atoms with Crippen molar-refractivity contribution in [3.8, 4) is 0 Å². The molecular weight excluding hydrogens is 325 g/mol. The van der Waals surface area contributed by atoms with Crippen LogP contribution in [-0.4, -0.2) is 31.6 Å². The van der Waals surface area contributed by atoms with Gasteiger partial charge in [0.15, 0.2) is 0 Å². The number of benzene rings is 1. The lowest BCUT2D eigenvalue weighted by Crippen LogP contribution is -2.38.